The molecule has 4 heteroatoms. The monoisotopic (exact) mass is 296 g/mol. The Morgan fingerprint density at radius 2 is 1.86 bits per heavy atom. The summed E-state index contributed by atoms with van der Waals surface area (Å²) in [5.74, 6) is -0.489. The van der Waals surface area contributed by atoms with E-state index in [4.69, 9.17) is 4.74 Å². The number of rotatable bonds is 3. The van der Waals surface area contributed by atoms with Crippen molar-refractivity contribution in [2.45, 2.75) is 19.8 Å². The first-order chi connectivity index (χ1) is 10.6. The number of hydrogen-bond acceptors (Lipinski definition) is 4. The molecular weight excluding hydrogens is 280 g/mol. The number of phenols is 2. The second-order valence-electron chi connectivity index (χ2n) is 5.27. The minimum atomic E-state index is -0.384. The first kappa shape index (κ1) is 14.2. The SMILES string of the molecule is CCCc1ccc(/C=C2\Oc3cc(O)cc(O)c3C2=O)cc1. The predicted octanol–water partition coefficient (Wildman–Crippen LogP) is 3.67. The van der Waals surface area contributed by atoms with Crippen molar-refractivity contribution >= 4 is 11.9 Å². The highest BCUT2D eigenvalue weighted by atomic mass is 16.5. The number of carbonyl (C=O) groups excluding carboxylic acids is 1. The van der Waals surface area contributed by atoms with Crippen molar-refractivity contribution in [3.05, 3.63) is 58.8 Å². The molecule has 0 saturated carbocycles. The fourth-order valence-electron chi connectivity index (χ4n) is 2.50. The van der Waals surface area contributed by atoms with Crippen LogP contribution < -0.4 is 4.74 Å². The number of ketones is 1. The van der Waals surface area contributed by atoms with Crippen molar-refractivity contribution in [1.29, 1.82) is 0 Å². The van der Waals surface area contributed by atoms with Crippen LogP contribution in [0.1, 0.15) is 34.8 Å². The second-order valence-corrected chi connectivity index (χ2v) is 5.27. The minimum Gasteiger partial charge on any atom is -0.508 e. The number of aryl methyl sites for hydroxylation is 1. The zero-order valence-corrected chi connectivity index (χ0v) is 12.2. The molecule has 2 aromatic carbocycles. The highest BCUT2D eigenvalue weighted by Gasteiger charge is 2.31. The van der Waals surface area contributed by atoms with Gasteiger partial charge in [0.25, 0.3) is 0 Å². The topological polar surface area (TPSA) is 66.8 Å². The molecule has 0 saturated heterocycles. The van der Waals surface area contributed by atoms with Gasteiger partial charge in [0.2, 0.25) is 5.78 Å². The summed E-state index contributed by atoms with van der Waals surface area (Å²) in [5.41, 5.74) is 2.18. The van der Waals surface area contributed by atoms with E-state index in [0.717, 1.165) is 24.5 Å². The van der Waals surface area contributed by atoms with Gasteiger partial charge in [0.1, 0.15) is 22.8 Å². The Balaban J connectivity index is 1.91. The molecule has 2 aromatic rings. The lowest BCUT2D eigenvalue weighted by atomic mass is 10.1. The highest BCUT2D eigenvalue weighted by molar-refractivity contribution is 6.16. The van der Waals surface area contributed by atoms with Crippen LogP contribution in [0.5, 0.6) is 17.2 Å². The van der Waals surface area contributed by atoms with Gasteiger partial charge in [0, 0.05) is 12.1 Å². The molecule has 0 amide bonds. The maximum atomic E-state index is 12.3. The van der Waals surface area contributed by atoms with E-state index in [-0.39, 0.29) is 34.4 Å². The molecule has 0 atom stereocenters. The van der Waals surface area contributed by atoms with Gasteiger partial charge in [-0.1, -0.05) is 37.6 Å². The summed E-state index contributed by atoms with van der Waals surface area (Å²) >= 11 is 0. The number of benzene rings is 2. The van der Waals surface area contributed by atoms with Gasteiger partial charge < -0.3 is 14.9 Å². The first-order valence-corrected chi connectivity index (χ1v) is 7.17. The van der Waals surface area contributed by atoms with Crippen molar-refractivity contribution in [3.8, 4) is 17.2 Å². The molecule has 0 spiro atoms. The molecule has 112 valence electrons. The molecule has 0 aromatic heterocycles. The van der Waals surface area contributed by atoms with E-state index in [1.807, 2.05) is 24.3 Å². The first-order valence-electron chi connectivity index (χ1n) is 7.17. The van der Waals surface area contributed by atoms with Gasteiger partial charge in [0.05, 0.1) is 0 Å². The Bertz CT molecular complexity index is 757. The number of ether oxygens (including phenoxy) is 1. The van der Waals surface area contributed by atoms with E-state index >= 15 is 0 Å². The summed E-state index contributed by atoms with van der Waals surface area (Å²) in [5, 5.41) is 19.2. The molecule has 0 fully saturated rings. The Hall–Kier alpha value is -2.75. The average Bonchev–Trinajstić information content (AvgIpc) is 2.77. The van der Waals surface area contributed by atoms with Gasteiger partial charge in [-0.15, -0.1) is 0 Å². The number of aromatic hydroxyl groups is 2. The Morgan fingerprint density at radius 3 is 2.55 bits per heavy atom. The summed E-state index contributed by atoms with van der Waals surface area (Å²) in [4.78, 5) is 12.3. The number of fused-ring (bicyclic) bond motifs is 1. The maximum absolute atomic E-state index is 12.3. The van der Waals surface area contributed by atoms with Gasteiger partial charge in [-0.05, 0) is 23.6 Å². The van der Waals surface area contributed by atoms with Crippen LogP contribution in [-0.4, -0.2) is 16.0 Å². The van der Waals surface area contributed by atoms with E-state index in [2.05, 4.69) is 6.92 Å². The molecule has 4 nitrogen and oxygen atoms in total. The lowest BCUT2D eigenvalue weighted by Crippen LogP contribution is -1.98. The third-order valence-corrected chi connectivity index (χ3v) is 3.55. The fourth-order valence-corrected chi connectivity index (χ4v) is 2.50. The number of allylic oxidation sites excluding steroid dienone is 1. The van der Waals surface area contributed by atoms with Crippen molar-refractivity contribution in [1.82, 2.24) is 0 Å². The van der Waals surface area contributed by atoms with E-state index < -0.39 is 0 Å². The molecule has 1 aliphatic rings. The summed E-state index contributed by atoms with van der Waals surface area (Å²) in [6.45, 7) is 2.13. The van der Waals surface area contributed by atoms with Crippen LogP contribution >= 0.6 is 0 Å². The highest BCUT2D eigenvalue weighted by Crippen LogP contribution is 2.40. The molecule has 0 unspecified atom stereocenters. The van der Waals surface area contributed by atoms with Crippen molar-refractivity contribution in [2.75, 3.05) is 0 Å². The van der Waals surface area contributed by atoms with Crippen molar-refractivity contribution in [2.24, 2.45) is 0 Å². The molecule has 3 rings (SSSR count). The molecule has 1 heterocycles. The van der Waals surface area contributed by atoms with Crippen LogP contribution in [0.3, 0.4) is 0 Å². The standard InChI is InChI=1S/C18H16O4/c1-2-3-11-4-6-12(7-5-11)8-16-18(21)17-14(20)9-13(19)10-15(17)22-16/h4-10,19-20H,2-3H2,1H3/b16-8-. The summed E-state index contributed by atoms with van der Waals surface area (Å²) in [6.07, 6.45) is 3.74. The van der Waals surface area contributed by atoms with Gasteiger partial charge in [0.15, 0.2) is 5.76 Å². The quantitative estimate of drug-likeness (QED) is 0.848. The van der Waals surface area contributed by atoms with Crippen LogP contribution in [0, 0.1) is 0 Å². The molecule has 22 heavy (non-hydrogen) atoms. The molecule has 1 aliphatic heterocycles. The van der Waals surface area contributed by atoms with Gasteiger partial charge in [-0.25, -0.2) is 0 Å². The normalized spacial score (nSPS) is 15.0. The molecular formula is C18H16O4. The summed E-state index contributed by atoms with van der Waals surface area (Å²) in [6, 6.07) is 10.3. The zero-order valence-electron chi connectivity index (χ0n) is 12.2. The van der Waals surface area contributed by atoms with E-state index in [1.165, 1.54) is 11.6 Å². The molecule has 0 aliphatic carbocycles. The van der Waals surface area contributed by atoms with Crippen LogP contribution in [0.2, 0.25) is 0 Å². The Kier molecular flexibility index (Phi) is 3.59. The van der Waals surface area contributed by atoms with Gasteiger partial charge in [-0.2, -0.15) is 0 Å². The van der Waals surface area contributed by atoms with Crippen LogP contribution in [-0.2, 0) is 6.42 Å². The van der Waals surface area contributed by atoms with Gasteiger partial charge in [-0.3, -0.25) is 4.79 Å². The Morgan fingerprint density at radius 1 is 1.14 bits per heavy atom. The van der Waals surface area contributed by atoms with Crippen molar-refractivity contribution in [3.63, 3.8) is 0 Å². The van der Waals surface area contributed by atoms with Crippen molar-refractivity contribution < 1.29 is 19.7 Å². The molecule has 0 radical (unpaired) electrons. The largest absolute Gasteiger partial charge is 0.508 e. The lowest BCUT2D eigenvalue weighted by molar-refractivity contribution is 0.101. The maximum Gasteiger partial charge on any atom is 0.235 e. The number of Topliss-reactive ketones (excluding diaryl/α,β-unsaturated/α-hetero) is 1. The minimum absolute atomic E-state index is 0.0895. The van der Waals surface area contributed by atoms with E-state index in [9.17, 15) is 15.0 Å². The number of phenolic OH excluding ortho intramolecular Hbond substituents is 2. The second kappa shape index (κ2) is 5.56. The van der Waals surface area contributed by atoms with Crippen LogP contribution in [0.25, 0.3) is 6.08 Å². The third kappa shape index (κ3) is 2.55. The molecule has 0 bridgehead atoms. The number of carbonyl (C=O) groups is 1. The fraction of sp³-hybridized carbons (Fsp3) is 0.167. The zero-order chi connectivity index (χ0) is 15.7. The lowest BCUT2D eigenvalue weighted by Gasteiger charge is -2.01. The van der Waals surface area contributed by atoms with E-state index in [0.29, 0.717) is 0 Å². The third-order valence-electron chi connectivity index (χ3n) is 3.55. The van der Waals surface area contributed by atoms with Gasteiger partial charge >= 0.3 is 0 Å². The molecule has 2 N–H and O–H groups in total. The smallest absolute Gasteiger partial charge is 0.235 e. The Labute approximate surface area is 128 Å². The summed E-state index contributed by atoms with van der Waals surface area (Å²) < 4.78 is 5.45. The van der Waals surface area contributed by atoms with E-state index in [1.54, 1.807) is 6.08 Å². The summed E-state index contributed by atoms with van der Waals surface area (Å²) in [7, 11) is 0. The average molecular weight is 296 g/mol. The van der Waals surface area contributed by atoms with Crippen LogP contribution in [0.4, 0.5) is 0 Å². The predicted molar refractivity (Wildman–Crippen MR) is 83.1 cm³/mol. The van der Waals surface area contributed by atoms with Crippen LogP contribution in [0.15, 0.2) is 42.2 Å². The number of hydrogen-bond donors (Lipinski definition) is 2.